The number of hydrogen-bond donors (Lipinski definition) is 0. The Labute approximate surface area is 82.4 Å². The second kappa shape index (κ2) is 4.54. The number of nitrogens with zero attached hydrogens (tertiary/aromatic N) is 1. The van der Waals surface area contributed by atoms with E-state index in [-0.39, 0.29) is 0 Å². The molecular formula is C7H4INOS. The molecule has 2 nitrogen and oxygen atoms in total. The van der Waals surface area contributed by atoms with Gasteiger partial charge in [-0.05, 0) is 46.9 Å². The Morgan fingerprint density at radius 1 is 1.36 bits per heavy atom. The lowest BCUT2D eigenvalue weighted by Gasteiger charge is -1.92. The molecule has 0 saturated carbocycles. The van der Waals surface area contributed by atoms with Gasteiger partial charge in [-0.3, -0.25) is 0 Å². The third-order valence-corrected chi connectivity index (χ3v) is 2.37. The molecule has 0 aliphatic heterocycles. The Morgan fingerprint density at radius 2 is 2.00 bits per heavy atom. The molecule has 0 unspecified atom stereocenters. The van der Waals surface area contributed by atoms with Crippen LogP contribution in [0.25, 0.3) is 0 Å². The van der Waals surface area contributed by atoms with Crippen LogP contribution in [-0.2, 0) is 4.79 Å². The normalized spacial score (nSPS) is 8.82. The summed E-state index contributed by atoms with van der Waals surface area (Å²) in [4.78, 5) is 10.7. The summed E-state index contributed by atoms with van der Waals surface area (Å²) in [5.74, 6) is 0. The van der Waals surface area contributed by atoms with Crippen LogP contribution in [0.5, 0.6) is 0 Å². The van der Waals surface area contributed by atoms with Gasteiger partial charge in [0.15, 0.2) is 0 Å². The van der Waals surface area contributed by atoms with E-state index in [0.717, 1.165) is 16.8 Å². The average molecular weight is 277 g/mol. The average Bonchev–Trinajstić information content (AvgIpc) is 2.04. The first-order valence-corrected chi connectivity index (χ1v) is 4.68. The van der Waals surface area contributed by atoms with Crippen LogP contribution in [0.3, 0.4) is 0 Å². The quantitative estimate of drug-likeness (QED) is 0.360. The highest BCUT2D eigenvalue weighted by Gasteiger charge is 1.90. The minimum absolute atomic E-state index is 0.953. The van der Waals surface area contributed by atoms with Crippen molar-refractivity contribution < 1.29 is 4.79 Å². The number of hydrogen-bond acceptors (Lipinski definition) is 3. The van der Waals surface area contributed by atoms with Crippen LogP contribution in [0, 0.1) is 3.57 Å². The molecule has 11 heavy (non-hydrogen) atoms. The maximum atomic E-state index is 9.73. The topological polar surface area (TPSA) is 29.4 Å². The Balaban J connectivity index is 2.73. The smallest absolute Gasteiger partial charge is 0.210 e. The Morgan fingerprint density at radius 3 is 2.55 bits per heavy atom. The number of halogens is 1. The van der Waals surface area contributed by atoms with E-state index < -0.39 is 0 Å². The van der Waals surface area contributed by atoms with Gasteiger partial charge in [0.25, 0.3) is 0 Å². The highest BCUT2D eigenvalue weighted by Crippen LogP contribution is 2.18. The summed E-state index contributed by atoms with van der Waals surface area (Å²) in [5.41, 5.74) is 0. The van der Waals surface area contributed by atoms with Crippen LogP contribution in [-0.4, -0.2) is 6.08 Å². The van der Waals surface area contributed by atoms with Crippen LogP contribution < -0.4 is 0 Å². The Kier molecular flexibility index (Phi) is 3.62. The molecule has 0 aromatic heterocycles. The molecule has 56 valence electrons. The molecule has 0 N–H and O–H groups in total. The van der Waals surface area contributed by atoms with E-state index >= 15 is 0 Å². The summed E-state index contributed by atoms with van der Waals surface area (Å²) in [6.07, 6.45) is 1.47. The molecule has 0 aliphatic rings. The summed E-state index contributed by atoms with van der Waals surface area (Å²) in [6, 6.07) is 7.74. The number of carbonyl (C=O) groups excluding carboxylic acids is 1. The van der Waals surface area contributed by atoms with Crippen molar-refractivity contribution in [3.05, 3.63) is 27.8 Å². The van der Waals surface area contributed by atoms with Gasteiger partial charge >= 0.3 is 0 Å². The van der Waals surface area contributed by atoms with Gasteiger partial charge in [-0.15, -0.1) is 4.40 Å². The molecule has 0 radical (unpaired) electrons. The third kappa shape index (κ3) is 3.05. The van der Waals surface area contributed by atoms with Crippen LogP contribution in [0.1, 0.15) is 0 Å². The van der Waals surface area contributed by atoms with Gasteiger partial charge in [-0.25, -0.2) is 4.79 Å². The zero-order chi connectivity index (χ0) is 8.10. The maximum absolute atomic E-state index is 9.73. The van der Waals surface area contributed by atoms with Gasteiger partial charge in [0, 0.05) is 20.4 Å². The van der Waals surface area contributed by atoms with E-state index in [2.05, 4.69) is 27.0 Å². The number of benzene rings is 1. The molecule has 0 spiro atoms. The van der Waals surface area contributed by atoms with Crippen molar-refractivity contribution >= 4 is 40.6 Å². The molecule has 0 saturated heterocycles. The van der Waals surface area contributed by atoms with Crippen LogP contribution in [0.15, 0.2) is 33.6 Å². The van der Waals surface area contributed by atoms with Crippen LogP contribution in [0.2, 0.25) is 0 Å². The van der Waals surface area contributed by atoms with E-state index in [0.29, 0.717) is 0 Å². The molecule has 1 rings (SSSR count). The second-order valence-electron chi connectivity index (χ2n) is 1.73. The second-order valence-corrected chi connectivity index (χ2v) is 3.81. The van der Waals surface area contributed by atoms with E-state index in [4.69, 9.17) is 0 Å². The van der Waals surface area contributed by atoms with E-state index in [9.17, 15) is 4.79 Å². The van der Waals surface area contributed by atoms with Crippen molar-refractivity contribution in [2.24, 2.45) is 4.40 Å². The van der Waals surface area contributed by atoms with Crippen LogP contribution in [0.4, 0.5) is 0 Å². The highest BCUT2D eigenvalue weighted by molar-refractivity contribution is 14.1. The molecule has 0 aliphatic carbocycles. The Hall–Kier alpha value is -0.320. The number of isocyanates is 1. The monoisotopic (exact) mass is 277 g/mol. The molecule has 0 heterocycles. The maximum Gasteiger partial charge on any atom is 0.247 e. The lowest BCUT2D eigenvalue weighted by Crippen LogP contribution is -1.69. The summed E-state index contributed by atoms with van der Waals surface area (Å²) in [7, 11) is 0. The van der Waals surface area contributed by atoms with E-state index in [1.54, 1.807) is 0 Å². The van der Waals surface area contributed by atoms with Crippen molar-refractivity contribution in [3.8, 4) is 0 Å². The van der Waals surface area contributed by atoms with Gasteiger partial charge in [0.05, 0.1) is 0 Å². The van der Waals surface area contributed by atoms with Crippen molar-refractivity contribution in [1.29, 1.82) is 0 Å². The largest absolute Gasteiger partial charge is 0.247 e. The van der Waals surface area contributed by atoms with Crippen molar-refractivity contribution in [2.75, 3.05) is 0 Å². The first-order valence-electron chi connectivity index (χ1n) is 2.82. The standard InChI is InChI=1S/C7H4INOS/c8-6-1-3-7(4-2-6)11-9-5-10/h1-4H. The number of rotatable bonds is 2. The van der Waals surface area contributed by atoms with Gasteiger partial charge in [-0.1, -0.05) is 0 Å². The Bertz CT molecular complexity index is 279. The SMILES string of the molecule is O=C=NSc1ccc(I)cc1. The molecule has 1 aromatic carbocycles. The third-order valence-electron chi connectivity index (χ3n) is 1.00. The molecule has 0 bridgehead atoms. The van der Waals surface area contributed by atoms with Gasteiger partial charge in [-0.2, -0.15) is 0 Å². The summed E-state index contributed by atoms with van der Waals surface area (Å²) in [6.45, 7) is 0. The van der Waals surface area contributed by atoms with E-state index in [1.807, 2.05) is 24.3 Å². The first kappa shape index (κ1) is 8.77. The minimum Gasteiger partial charge on any atom is -0.210 e. The molecule has 0 amide bonds. The van der Waals surface area contributed by atoms with Gasteiger partial charge in [0.2, 0.25) is 6.08 Å². The fraction of sp³-hybridized carbons (Fsp3) is 0. The van der Waals surface area contributed by atoms with Gasteiger partial charge in [0.1, 0.15) is 0 Å². The predicted molar refractivity (Wildman–Crippen MR) is 53.1 cm³/mol. The van der Waals surface area contributed by atoms with Gasteiger partial charge < -0.3 is 0 Å². The van der Waals surface area contributed by atoms with Crippen molar-refractivity contribution in [3.63, 3.8) is 0 Å². The molecule has 0 fully saturated rings. The summed E-state index contributed by atoms with van der Waals surface area (Å²) in [5, 5.41) is 0. The van der Waals surface area contributed by atoms with Crippen molar-refractivity contribution in [1.82, 2.24) is 0 Å². The van der Waals surface area contributed by atoms with E-state index in [1.165, 1.54) is 9.65 Å². The lowest BCUT2D eigenvalue weighted by molar-refractivity contribution is 0.566. The minimum atomic E-state index is 0.953. The fourth-order valence-electron chi connectivity index (χ4n) is 0.567. The molecule has 1 aromatic rings. The highest BCUT2D eigenvalue weighted by atomic mass is 127. The first-order chi connectivity index (χ1) is 5.33. The zero-order valence-corrected chi connectivity index (χ0v) is 8.43. The molecule has 4 heteroatoms. The van der Waals surface area contributed by atoms with Crippen LogP contribution >= 0.6 is 34.5 Å². The summed E-state index contributed by atoms with van der Waals surface area (Å²) >= 11 is 3.34. The molecule has 0 atom stereocenters. The molecular weight excluding hydrogens is 273 g/mol. The van der Waals surface area contributed by atoms with Crippen molar-refractivity contribution in [2.45, 2.75) is 4.90 Å². The summed E-state index contributed by atoms with van der Waals surface area (Å²) < 4.78 is 4.55. The predicted octanol–water partition coefficient (Wildman–Crippen LogP) is 2.63. The zero-order valence-electron chi connectivity index (χ0n) is 5.45. The lowest BCUT2D eigenvalue weighted by atomic mass is 10.4. The fourth-order valence-corrected chi connectivity index (χ4v) is 1.33.